The third-order valence-electron chi connectivity index (χ3n) is 4.36. The first-order chi connectivity index (χ1) is 13.1. The molecule has 1 amide bonds. The lowest BCUT2D eigenvalue weighted by Crippen LogP contribution is -2.12. The summed E-state index contributed by atoms with van der Waals surface area (Å²) in [6, 6.07) is 7.90. The number of anilines is 1. The molecular weight excluding hydrogens is 348 g/mol. The molecule has 27 heavy (non-hydrogen) atoms. The van der Waals surface area contributed by atoms with Gasteiger partial charge in [0.15, 0.2) is 5.82 Å². The van der Waals surface area contributed by atoms with Crippen molar-refractivity contribution in [1.82, 2.24) is 14.7 Å². The van der Waals surface area contributed by atoms with E-state index in [9.17, 15) is 4.79 Å². The topological polar surface area (TPSA) is 91.4 Å². The largest absolute Gasteiger partial charge is 0.383 e. The van der Waals surface area contributed by atoms with E-state index >= 15 is 0 Å². The van der Waals surface area contributed by atoms with E-state index in [4.69, 9.17) is 14.0 Å². The summed E-state index contributed by atoms with van der Waals surface area (Å²) in [7, 11) is 3.26. The molecule has 0 aliphatic heterocycles. The van der Waals surface area contributed by atoms with Crippen LogP contribution < -0.4 is 5.32 Å². The lowest BCUT2D eigenvalue weighted by Gasteiger charge is -2.08. The second-order valence-corrected chi connectivity index (χ2v) is 6.25. The van der Waals surface area contributed by atoms with Crippen LogP contribution in [0.1, 0.15) is 31.2 Å². The average Bonchev–Trinajstić information content (AvgIpc) is 3.31. The fourth-order valence-corrected chi connectivity index (χ4v) is 2.73. The Morgan fingerprint density at radius 1 is 1.33 bits per heavy atom. The number of hydrogen-bond acceptors (Lipinski definition) is 6. The van der Waals surface area contributed by atoms with E-state index in [-0.39, 0.29) is 18.4 Å². The van der Waals surface area contributed by atoms with Crippen LogP contribution in [0.5, 0.6) is 0 Å². The van der Waals surface area contributed by atoms with Crippen molar-refractivity contribution in [1.29, 1.82) is 0 Å². The first-order valence-electron chi connectivity index (χ1n) is 8.83. The highest BCUT2D eigenvalue weighted by Gasteiger charge is 2.14. The molecule has 2 aromatic heterocycles. The Balaban J connectivity index is 1.59. The Bertz CT molecular complexity index is 902. The van der Waals surface area contributed by atoms with Crippen molar-refractivity contribution in [2.24, 2.45) is 0 Å². The number of aryl methyl sites for hydroxylation is 1. The monoisotopic (exact) mass is 372 g/mol. The number of carbonyl (C=O) groups is 1. The molecular formula is C19H24N4O4. The average molecular weight is 372 g/mol. The van der Waals surface area contributed by atoms with Crippen molar-refractivity contribution in [3.63, 3.8) is 0 Å². The molecule has 3 rings (SSSR count). The molecule has 144 valence electrons. The molecule has 0 unspecified atom stereocenters. The molecule has 8 nitrogen and oxygen atoms in total. The van der Waals surface area contributed by atoms with Crippen LogP contribution in [0.4, 0.5) is 5.69 Å². The highest BCUT2D eigenvalue weighted by molar-refractivity contribution is 5.93. The van der Waals surface area contributed by atoms with E-state index in [1.165, 1.54) is 0 Å². The molecule has 8 heteroatoms. The molecule has 2 heterocycles. The van der Waals surface area contributed by atoms with Crippen molar-refractivity contribution < 1.29 is 18.8 Å². The van der Waals surface area contributed by atoms with Crippen LogP contribution >= 0.6 is 0 Å². The number of methoxy groups -OCH3 is 2. The molecule has 0 bridgehead atoms. The molecule has 0 aliphatic carbocycles. The van der Waals surface area contributed by atoms with Crippen LogP contribution in [0.2, 0.25) is 0 Å². The number of nitrogens with one attached hydrogen (secondary N) is 1. The van der Waals surface area contributed by atoms with Gasteiger partial charge < -0.3 is 23.9 Å². The number of rotatable bonds is 9. The summed E-state index contributed by atoms with van der Waals surface area (Å²) in [6.45, 7) is 3.23. The minimum Gasteiger partial charge on any atom is -0.383 e. The summed E-state index contributed by atoms with van der Waals surface area (Å²) < 4.78 is 17.5. The maximum Gasteiger partial charge on any atom is 0.227 e. The van der Waals surface area contributed by atoms with E-state index in [0.29, 0.717) is 24.7 Å². The van der Waals surface area contributed by atoms with Gasteiger partial charge in [0.25, 0.3) is 0 Å². The zero-order valence-electron chi connectivity index (χ0n) is 15.8. The Hall–Kier alpha value is -2.71. The number of benzene rings is 1. The minimum atomic E-state index is -0.239. The van der Waals surface area contributed by atoms with Crippen molar-refractivity contribution in [3.8, 4) is 0 Å². The van der Waals surface area contributed by atoms with Gasteiger partial charge >= 0.3 is 0 Å². The van der Waals surface area contributed by atoms with E-state index in [1.807, 2.05) is 37.4 Å². The number of amides is 1. The van der Waals surface area contributed by atoms with Gasteiger partial charge in [-0.25, -0.2) is 0 Å². The van der Waals surface area contributed by atoms with Crippen molar-refractivity contribution in [2.45, 2.75) is 32.4 Å². The fourth-order valence-electron chi connectivity index (χ4n) is 2.73. The van der Waals surface area contributed by atoms with Crippen molar-refractivity contribution in [3.05, 3.63) is 42.2 Å². The van der Waals surface area contributed by atoms with E-state index in [2.05, 4.69) is 20.0 Å². The predicted octanol–water partition coefficient (Wildman–Crippen LogP) is 2.95. The van der Waals surface area contributed by atoms with Crippen LogP contribution in [0.3, 0.4) is 0 Å². The SMILES string of the molecule is COCCn1ccc2ccc(NC(=O)CCc3nc([C@H](C)OC)no3)cc21. The molecule has 0 radical (unpaired) electrons. The Morgan fingerprint density at radius 3 is 2.96 bits per heavy atom. The molecule has 0 fully saturated rings. The van der Waals surface area contributed by atoms with Gasteiger partial charge in [-0.3, -0.25) is 4.79 Å². The minimum absolute atomic E-state index is 0.108. The summed E-state index contributed by atoms with van der Waals surface area (Å²) in [5.41, 5.74) is 1.81. The number of aromatic nitrogens is 3. The Morgan fingerprint density at radius 2 is 2.19 bits per heavy atom. The van der Waals surface area contributed by atoms with Crippen LogP contribution in [0.25, 0.3) is 10.9 Å². The zero-order chi connectivity index (χ0) is 19.2. The van der Waals surface area contributed by atoms with Crippen LogP contribution in [0, 0.1) is 0 Å². The van der Waals surface area contributed by atoms with Gasteiger partial charge in [-0.05, 0) is 30.5 Å². The predicted molar refractivity (Wildman–Crippen MR) is 100 cm³/mol. The van der Waals surface area contributed by atoms with E-state index < -0.39 is 0 Å². The maximum atomic E-state index is 12.3. The van der Waals surface area contributed by atoms with Gasteiger partial charge in [0.05, 0.1) is 12.1 Å². The van der Waals surface area contributed by atoms with E-state index in [0.717, 1.165) is 23.1 Å². The van der Waals surface area contributed by atoms with Gasteiger partial charge in [0, 0.05) is 45.5 Å². The third-order valence-corrected chi connectivity index (χ3v) is 4.36. The number of hydrogen-bond donors (Lipinski definition) is 1. The lowest BCUT2D eigenvalue weighted by molar-refractivity contribution is -0.116. The second kappa shape index (κ2) is 8.79. The third kappa shape index (κ3) is 4.72. The number of fused-ring (bicyclic) bond motifs is 1. The van der Waals surface area contributed by atoms with Crippen LogP contribution in [-0.2, 0) is 27.2 Å². The zero-order valence-corrected chi connectivity index (χ0v) is 15.8. The van der Waals surface area contributed by atoms with Gasteiger partial charge in [0.2, 0.25) is 11.8 Å². The molecule has 1 atom stereocenters. The summed E-state index contributed by atoms with van der Waals surface area (Å²) in [5.74, 6) is 0.798. The maximum absolute atomic E-state index is 12.3. The summed E-state index contributed by atoms with van der Waals surface area (Å²) in [6.07, 6.45) is 2.41. The summed E-state index contributed by atoms with van der Waals surface area (Å²) in [4.78, 5) is 16.5. The van der Waals surface area contributed by atoms with Gasteiger partial charge in [-0.2, -0.15) is 4.98 Å². The first-order valence-corrected chi connectivity index (χ1v) is 8.83. The van der Waals surface area contributed by atoms with Gasteiger partial charge in [0.1, 0.15) is 6.10 Å². The first kappa shape index (κ1) is 19.1. The van der Waals surface area contributed by atoms with Crippen LogP contribution in [0.15, 0.2) is 35.0 Å². The molecule has 0 aliphatic rings. The van der Waals surface area contributed by atoms with Crippen LogP contribution in [-0.4, -0.2) is 41.4 Å². The Labute approximate surface area is 157 Å². The van der Waals surface area contributed by atoms with Gasteiger partial charge in [-0.15, -0.1) is 0 Å². The molecule has 1 aromatic carbocycles. The molecule has 0 spiro atoms. The summed E-state index contributed by atoms with van der Waals surface area (Å²) in [5, 5.41) is 7.90. The van der Waals surface area contributed by atoms with Gasteiger partial charge in [-0.1, -0.05) is 11.2 Å². The lowest BCUT2D eigenvalue weighted by atomic mass is 10.2. The molecule has 0 saturated carbocycles. The quantitative estimate of drug-likeness (QED) is 0.621. The number of carbonyl (C=O) groups excluding carboxylic acids is 1. The van der Waals surface area contributed by atoms with Crippen molar-refractivity contribution >= 4 is 22.5 Å². The second-order valence-electron chi connectivity index (χ2n) is 6.25. The highest BCUT2D eigenvalue weighted by atomic mass is 16.5. The molecule has 3 aromatic rings. The normalized spacial score (nSPS) is 12.4. The molecule has 0 saturated heterocycles. The number of ether oxygens (including phenoxy) is 2. The smallest absolute Gasteiger partial charge is 0.227 e. The standard InChI is InChI=1S/C19H24N4O4/c1-13(26-3)19-21-18(27-22-19)7-6-17(24)20-15-5-4-14-8-9-23(10-11-25-2)16(14)12-15/h4-5,8-9,12-13H,6-7,10-11H2,1-3H3,(H,20,24)/t13-/m0/s1. The fraction of sp³-hybridized carbons (Fsp3) is 0.421. The molecule has 1 N–H and O–H groups in total. The van der Waals surface area contributed by atoms with E-state index in [1.54, 1.807) is 14.2 Å². The summed E-state index contributed by atoms with van der Waals surface area (Å²) >= 11 is 0. The van der Waals surface area contributed by atoms with Crippen molar-refractivity contribution in [2.75, 3.05) is 26.1 Å². The number of nitrogens with zero attached hydrogens (tertiary/aromatic N) is 3. The Kier molecular flexibility index (Phi) is 6.20. The highest BCUT2D eigenvalue weighted by Crippen LogP contribution is 2.21.